The fourth-order valence-corrected chi connectivity index (χ4v) is 4.18. The highest BCUT2D eigenvalue weighted by Gasteiger charge is 2.26. The van der Waals surface area contributed by atoms with Gasteiger partial charge in [0.25, 0.3) is 5.91 Å². The molecule has 0 saturated carbocycles. The fourth-order valence-electron chi connectivity index (χ4n) is 4.18. The number of nitrogens with one attached hydrogen (secondary N) is 1. The molecule has 0 bridgehead atoms. The van der Waals surface area contributed by atoms with E-state index in [4.69, 9.17) is 9.47 Å². The van der Waals surface area contributed by atoms with Gasteiger partial charge in [-0.1, -0.05) is 30.3 Å². The average Bonchev–Trinajstić information content (AvgIpc) is 2.99. The zero-order chi connectivity index (χ0) is 24.8. The Morgan fingerprint density at radius 1 is 1.14 bits per heavy atom. The van der Waals surface area contributed by atoms with Gasteiger partial charge in [0.05, 0.1) is 18.4 Å². The summed E-state index contributed by atoms with van der Waals surface area (Å²) in [5, 5.41) is 3.10. The predicted molar refractivity (Wildman–Crippen MR) is 134 cm³/mol. The molecule has 3 aromatic rings. The number of ether oxygens (including phenoxy) is 2. The van der Waals surface area contributed by atoms with Crippen molar-refractivity contribution < 1.29 is 18.7 Å². The summed E-state index contributed by atoms with van der Waals surface area (Å²) in [5.41, 5.74) is 2.89. The molecule has 1 N–H and O–H groups in total. The SMILES string of the molecule is CNCCC(Oc1ccc(CN2CCN(C)c3cc(OC)ncc3C2=O)cc1)c1ccccc1F. The Labute approximate surface area is 205 Å². The van der Waals surface area contributed by atoms with E-state index in [1.54, 1.807) is 31.5 Å². The van der Waals surface area contributed by atoms with E-state index in [9.17, 15) is 9.18 Å². The maximum absolute atomic E-state index is 14.4. The van der Waals surface area contributed by atoms with Crippen molar-refractivity contribution >= 4 is 11.6 Å². The summed E-state index contributed by atoms with van der Waals surface area (Å²) >= 11 is 0. The molecule has 0 saturated heterocycles. The third kappa shape index (κ3) is 5.71. The Kier molecular flexibility index (Phi) is 7.82. The smallest absolute Gasteiger partial charge is 0.257 e. The number of pyridine rings is 1. The van der Waals surface area contributed by atoms with E-state index in [0.717, 1.165) is 11.3 Å². The standard InChI is InChI=1S/C27H31FN4O3/c1-29-13-12-25(21-6-4-5-7-23(21)28)35-20-10-8-19(9-11-20)18-32-15-14-31(2)24-16-26(34-3)30-17-22(24)27(32)33/h4-11,16-17,25,29H,12-15,18H2,1-3H3. The summed E-state index contributed by atoms with van der Waals surface area (Å²) in [6.45, 7) is 2.45. The first-order valence-electron chi connectivity index (χ1n) is 11.7. The molecule has 2 heterocycles. The number of hydrogen-bond donors (Lipinski definition) is 1. The van der Waals surface area contributed by atoms with Crippen LogP contribution in [0.3, 0.4) is 0 Å². The van der Waals surface area contributed by atoms with E-state index in [0.29, 0.717) is 55.4 Å². The molecular weight excluding hydrogens is 447 g/mol. The minimum atomic E-state index is -0.404. The van der Waals surface area contributed by atoms with E-state index in [2.05, 4.69) is 10.3 Å². The number of fused-ring (bicyclic) bond motifs is 1. The van der Waals surface area contributed by atoms with Crippen LogP contribution in [0.5, 0.6) is 11.6 Å². The van der Waals surface area contributed by atoms with Crippen molar-refractivity contribution in [1.29, 1.82) is 0 Å². The predicted octanol–water partition coefficient (Wildman–Crippen LogP) is 4.05. The lowest BCUT2D eigenvalue weighted by molar-refractivity contribution is 0.0754. The van der Waals surface area contributed by atoms with Gasteiger partial charge in [0.2, 0.25) is 5.88 Å². The molecule has 8 heteroatoms. The molecule has 0 fully saturated rings. The largest absolute Gasteiger partial charge is 0.486 e. The molecule has 1 aromatic heterocycles. The lowest BCUT2D eigenvalue weighted by Gasteiger charge is -2.22. The van der Waals surface area contributed by atoms with Crippen molar-refractivity contribution in [3.05, 3.63) is 83.3 Å². The Morgan fingerprint density at radius 2 is 1.91 bits per heavy atom. The number of carbonyl (C=O) groups excluding carboxylic acids is 1. The minimum Gasteiger partial charge on any atom is -0.486 e. The summed E-state index contributed by atoms with van der Waals surface area (Å²) in [6.07, 6.45) is 1.81. The number of rotatable bonds is 9. The summed E-state index contributed by atoms with van der Waals surface area (Å²) in [7, 11) is 5.38. The summed E-state index contributed by atoms with van der Waals surface area (Å²) in [4.78, 5) is 21.3. The highest BCUT2D eigenvalue weighted by atomic mass is 19.1. The third-order valence-corrected chi connectivity index (χ3v) is 6.18. The Bertz CT molecular complexity index is 1160. The van der Waals surface area contributed by atoms with Crippen LogP contribution < -0.4 is 19.7 Å². The number of hydrogen-bond acceptors (Lipinski definition) is 6. The monoisotopic (exact) mass is 478 g/mol. The summed E-state index contributed by atoms with van der Waals surface area (Å²) < 4.78 is 25.8. The van der Waals surface area contributed by atoms with Gasteiger partial charge in [-0.05, 0) is 37.4 Å². The molecular formula is C27H31FN4O3. The molecule has 1 atom stereocenters. The van der Waals surface area contributed by atoms with Crippen molar-refractivity contribution in [2.24, 2.45) is 0 Å². The van der Waals surface area contributed by atoms with Gasteiger partial charge in [-0.3, -0.25) is 4.79 Å². The van der Waals surface area contributed by atoms with E-state index >= 15 is 0 Å². The van der Waals surface area contributed by atoms with Crippen LogP contribution in [0.1, 0.15) is 34.0 Å². The van der Waals surface area contributed by atoms with E-state index in [1.807, 2.05) is 54.2 Å². The van der Waals surface area contributed by atoms with E-state index < -0.39 is 6.10 Å². The molecule has 1 unspecified atom stereocenters. The van der Waals surface area contributed by atoms with Crippen molar-refractivity contribution in [2.45, 2.75) is 19.1 Å². The van der Waals surface area contributed by atoms with Crippen LogP contribution in [-0.2, 0) is 6.54 Å². The summed E-state index contributed by atoms with van der Waals surface area (Å²) in [5.74, 6) is 0.797. The molecule has 0 radical (unpaired) electrons. The second kappa shape index (κ2) is 11.2. The van der Waals surface area contributed by atoms with Crippen molar-refractivity contribution in [1.82, 2.24) is 15.2 Å². The lowest BCUT2D eigenvalue weighted by atomic mass is 10.1. The van der Waals surface area contributed by atoms with Crippen LogP contribution in [0.4, 0.5) is 10.1 Å². The molecule has 1 aliphatic heterocycles. The topological polar surface area (TPSA) is 66.9 Å². The van der Waals surface area contributed by atoms with E-state index in [1.165, 1.54) is 6.07 Å². The molecule has 184 valence electrons. The quantitative estimate of drug-likeness (QED) is 0.501. The highest BCUT2D eigenvalue weighted by molar-refractivity contribution is 6.00. The number of aromatic nitrogens is 1. The number of likely N-dealkylation sites (N-methyl/N-ethyl adjacent to an activating group) is 1. The molecule has 2 aromatic carbocycles. The minimum absolute atomic E-state index is 0.0634. The van der Waals surface area contributed by atoms with Crippen LogP contribution >= 0.6 is 0 Å². The molecule has 1 aliphatic rings. The molecule has 4 rings (SSSR count). The first kappa shape index (κ1) is 24.5. The zero-order valence-electron chi connectivity index (χ0n) is 20.3. The zero-order valence-corrected chi connectivity index (χ0v) is 20.3. The van der Waals surface area contributed by atoms with Crippen LogP contribution in [0.2, 0.25) is 0 Å². The van der Waals surface area contributed by atoms with Gasteiger partial charge in [-0.25, -0.2) is 9.37 Å². The second-order valence-corrected chi connectivity index (χ2v) is 8.56. The molecule has 0 spiro atoms. The molecule has 7 nitrogen and oxygen atoms in total. The molecule has 0 aliphatic carbocycles. The molecule has 35 heavy (non-hydrogen) atoms. The van der Waals surface area contributed by atoms with Crippen LogP contribution in [0.15, 0.2) is 60.8 Å². The van der Waals surface area contributed by atoms with Crippen LogP contribution in [-0.4, -0.2) is 56.6 Å². The van der Waals surface area contributed by atoms with Gasteiger partial charge in [-0.15, -0.1) is 0 Å². The fraction of sp³-hybridized carbons (Fsp3) is 0.333. The van der Waals surface area contributed by atoms with Crippen LogP contribution in [0.25, 0.3) is 0 Å². The highest BCUT2D eigenvalue weighted by Crippen LogP contribution is 2.29. The number of anilines is 1. The number of benzene rings is 2. The Hall–Kier alpha value is -3.65. The lowest BCUT2D eigenvalue weighted by Crippen LogP contribution is -2.33. The number of halogens is 1. The Morgan fingerprint density at radius 3 is 2.63 bits per heavy atom. The van der Waals surface area contributed by atoms with Crippen molar-refractivity contribution in [3.8, 4) is 11.6 Å². The summed E-state index contributed by atoms with van der Waals surface area (Å²) in [6, 6.07) is 16.1. The average molecular weight is 479 g/mol. The van der Waals surface area contributed by atoms with Gasteiger partial charge >= 0.3 is 0 Å². The number of nitrogens with zero attached hydrogens (tertiary/aromatic N) is 3. The van der Waals surface area contributed by atoms with Gasteiger partial charge in [0.15, 0.2) is 0 Å². The number of carbonyl (C=O) groups is 1. The van der Waals surface area contributed by atoms with Crippen molar-refractivity contribution in [2.75, 3.05) is 45.7 Å². The third-order valence-electron chi connectivity index (χ3n) is 6.18. The van der Waals surface area contributed by atoms with E-state index in [-0.39, 0.29) is 11.7 Å². The van der Waals surface area contributed by atoms with Crippen molar-refractivity contribution in [3.63, 3.8) is 0 Å². The first-order valence-corrected chi connectivity index (χ1v) is 11.7. The van der Waals surface area contributed by atoms with Gasteiger partial charge in [0.1, 0.15) is 17.7 Å². The number of amides is 1. The maximum Gasteiger partial charge on any atom is 0.257 e. The number of methoxy groups -OCH3 is 1. The van der Waals surface area contributed by atoms with Gasteiger partial charge in [0, 0.05) is 50.9 Å². The first-order chi connectivity index (χ1) is 17.0. The van der Waals surface area contributed by atoms with Gasteiger partial charge in [-0.2, -0.15) is 0 Å². The Balaban J connectivity index is 1.47. The second-order valence-electron chi connectivity index (χ2n) is 8.56. The normalized spacial score (nSPS) is 14.3. The van der Waals surface area contributed by atoms with Crippen LogP contribution in [0, 0.1) is 5.82 Å². The molecule has 1 amide bonds. The maximum atomic E-state index is 14.4. The van der Waals surface area contributed by atoms with Gasteiger partial charge < -0.3 is 24.6 Å².